The Morgan fingerprint density at radius 3 is 3.00 bits per heavy atom. The Morgan fingerprint density at radius 2 is 2.43 bits per heavy atom. The number of hydrogen-bond acceptors (Lipinski definition) is 2. The Morgan fingerprint density at radius 1 is 1.57 bits per heavy atom. The van der Waals surface area contributed by atoms with E-state index in [0.29, 0.717) is 5.41 Å². The summed E-state index contributed by atoms with van der Waals surface area (Å²) in [6.45, 7) is 5.80. The van der Waals surface area contributed by atoms with Crippen LogP contribution in [0.5, 0.6) is 0 Å². The minimum atomic E-state index is 0.563. The van der Waals surface area contributed by atoms with Crippen LogP contribution in [0.1, 0.15) is 38.0 Å². The van der Waals surface area contributed by atoms with Crippen molar-refractivity contribution in [2.75, 3.05) is 0 Å². The van der Waals surface area contributed by atoms with Crippen molar-refractivity contribution in [3.63, 3.8) is 0 Å². The van der Waals surface area contributed by atoms with Crippen LogP contribution in [0.2, 0.25) is 0 Å². The molecule has 1 N–H and O–H groups in total. The van der Waals surface area contributed by atoms with Gasteiger partial charge in [-0.15, -0.1) is 11.3 Å². The van der Waals surface area contributed by atoms with E-state index < -0.39 is 0 Å². The molecule has 1 nitrogen and oxygen atoms in total. The topological polar surface area (TPSA) is 12.0 Å². The molecule has 1 unspecified atom stereocenters. The van der Waals surface area contributed by atoms with Crippen LogP contribution in [0.25, 0.3) is 0 Å². The van der Waals surface area contributed by atoms with E-state index in [1.54, 1.807) is 0 Å². The normalized spacial score (nSPS) is 25.4. The standard InChI is InChI=1S/C12H19NS/c1-12(2)6-5-10(8-12)13-9-11-4-3-7-14-11/h3-4,7,10,13H,5-6,8-9H2,1-2H3. The van der Waals surface area contributed by atoms with Gasteiger partial charge in [-0.2, -0.15) is 0 Å². The maximum Gasteiger partial charge on any atom is 0.0302 e. The smallest absolute Gasteiger partial charge is 0.0302 e. The summed E-state index contributed by atoms with van der Waals surface area (Å²) in [5.41, 5.74) is 0.563. The van der Waals surface area contributed by atoms with Crippen molar-refractivity contribution in [2.45, 2.75) is 45.7 Å². The minimum Gasteiger partial charge on any atom is -0.309 e. The number of nitrogens with one attached hydrogen (secondary N) is 1. The molecular formula is C12H19NS. The molecule has 0 bridgehead atoms. The number of hydrogen-bond donors (Lipinski definition) is 1. The molecule has 2 heteroatoms. The van der Waals surface area contributed by atoms with Gasteiger partial charge in [-0.05, 0) is 36.1 Å². The van der Waals surface area contributed by atoms with E-state index in [1.165, 1.54) is 24.1 Å². The molecule has 0 saturated heterocycles. The van der Waals surface area contributed by atoms with Gasteiger partial charge in [-0.1, -0.05) is 19.9 Å². The highest BCUT2D eigenvalue weighted by molar-refractivity contribution is 7.09. The van der Waals surface area contributed by atoms with Crippen molar-refractivity contribution in [1.82, 2.24) is 5.32 Å². The van der Waals surface area contributed by atoms with Gasteiger partial charge in [0, 0.05) is 17.5 Å². The molecule has 1 saturated carbocycles. The van der Waals surface area contributed by atoms with Crippen LogP contribution in [-0.2, 0) is 6.54 Å². The van der Waals surface area contributed by atoms with Gasteiger partial charge in [0.2, 0.25) is 0 Å². The summed E-state index contributed by atoms with van der Waals surface area (Å²) < 4.78 is 0. The van der Waals surface area contributed by atoms with Crippen LogP contribution in [0, 0.1) is 5.41 Å². The quantitative estimate of drug-likeness (QED) is 0.804. The molecule has 0 spiro atoms. The van der Waals surface area contributed by atoms with E-state index in [0.717, 1.165) is 12.6 Å². The molecule has 2 rings (SSSR count). The second-order valence-corrected chi connectivity index (χ2v) is 6.10. The first-order valence-electron chi connectivity index (χ1n) is 5.41. The van der Waals surface area contributed by atoms with E-state index in [-0.39, 0.29) is 0 Å². The molecular weight excluding hydrogens is 190 g/mol. The van der Waals surface area contributed by atoms with Crippen molar-refractivity contribution in [2.24, 2.45) is 5.41 Å². The lowest BCUT2D eigenvalue weighted by Crippen LogP contribution is -2.26. The first-order chi connectivity index (χ1) is 6.66. The fourth-order valence-electron chi connectivity index (χ4n) is 2.27. The third-order valence-electron chi connectivity index (χ3n) is 3.11. The zero-order valence-corrected chi connectivity index (χ0v) is 9.86. The van der Waals surface area contributed by atoms with E-state index in [4.69, 9.17) is 0 Å². The van der Waals surface area contributed by atoms with Gasteiger partial charge in [0.1, 0.15) is 0 Å². The van der Waals surface area contributed by atoms with Crippen LogP contribution in [-0.4, -0.2) is 6.04 Å². The van der Waals surface area contributed by atoms with Gasteiger partial charge in [0.15, 0.2) is 0 Å². The Kier molecular flexibility index (Phi) is 2.93. The summed E-state index contributed by atoms with van der Waals surface area (Å²) in [5.74, 6) is 0. The lowest BCUT2D eigenvalue weighted by atomic mass is 9.92. The molecule has 1 aromatic heterocycles. The molecule has 1 fully saturated rings. The molecule has 78 valence electrons. The zero-order chi connectivity index (χ0) is 10.0. The minimum absolute atomic E-state index is 0.563. The average molecular weight is 209 g/mol. The van der Waals surface area contributed by atoms with E-state index >= 15 is 0 Å². The summed E-state index contributed by atoms with van der Waals surface area (Å²) in [5, 5.41) is 5.80. The van der Waals surface area contributed by atoms with Crippen LogP contribution >= 0.6 is 11.3 Å². The van der Waals surface area contributed by atoms with Gasteiger partial charge in [0.05, 0.1) is 0 Å². The van der Waals surface area contributed by atoms with Crippen molar-refractivity contribution in [3.05, 3.63) is 22.4 Å². The molecule has 1 aromatic rings. The zero-order valence-electron chi connectivity index (χ0n) is 9.05. The molecule has 14 heavy (non-hydrogen) atoms. The number of thiophene rings is 1. The maximum atomic E-state index is 3.65. The largest absolute Gasteiger partial charge is 0.309 e. The summed E-state index contributed by atoms with van der Waals surface area (Å²) in [6.07, 6.45) is 4.05. The predicted octanol–water partition coefficient (Wildman–Crippen LogP) is 3.42. The van der Waals surface area contributed by atoms with E-state index in [1.807, 2.05) is 11.3 Å². The van der Waals surface area contributed by atoms with Crippen LogP contribution < -0.4 is 5.32 Å². The summed E-state index contributed by atoms with van der Waals surface area (Å²) in [4.78, 5) is 1.45. The number of rotatable bonds is 3. The monoisotopic (exact) mass is 209 g/mol. The Labute approximate surface area is 90.5 Å². The Hall–Kier alpha value is -0.340. The van der Waals surface area contributed by atoms with Gasteiger partial charge >= 0.3 is 0 Å². The first kappa shape index (κ1) is 10.2. The molecule has 1 heterocycles. The van der Waals surface area contributed by atoms with Crippen molar-refractivity contribution in [1.29, 1.82) is 0 Å². The van der Waals surface area contributed by atoms with Crippen LogP contribution in [0.4, 0.5) is 0 Å². The van der Waals surface area contributed by atoms with Gasteiger partial charge in [-0.3, -0.25) is 0 Å². The van der Waals surface area contributed by atoms with Gasteiger partial charge < -0.3 is 5.32 Å². The fourth-order valence-corrected chi connectivity index (χ4v) is 2.92. The van der Waals surface area contributed by atoms with E-state index in [2.05, 4.69) is 36.7 Å². The first-order valence-corrected chi connectivity index (χ1v) is 6.29. The van der Waals surface area contributed by atoms with Crippen molar-refractivity contribution < 1.29 is 0 Å². The summed E-state index contributed by atoms with van der Waals surface area (Å²) >= 11 is 1.84. The predicted molar refractivity (Wildman–Crippen MR) is 62.6 cm³/mol. The summed E-state index contributed by atoms with van der Waals surface area (Å²) in [6, 6.07) is 5.07. The third kappa shape index (κ3) is 2.58. The highest BCUT2D eigenvalue weighted by atomic mass is 32.1. The third-order valence-corrected chi connectivity index (χ3v) is 3.99. The second-order valence-electron chi connectivity index (χ2n) is 5.06. The van der Waals surface area contributed by atoms with Gasteiger partial charge in [0.25, 0.3) is 0 Å². The fraction of sp³-hybridized carbons (Fsp3) is 0.667. The molecule has 0 radical (unpaired) electrons. The Bertz CT molecular complexity index is 277. The average Bonchev–Trinajstić information content (AvgIpc) is 2.70. The van der Waals surface area contributed by atoms with Crippen LogP contribution in [0.15, 0.2) is 17.5 Å². The lowest BCUT2D eigenvalue weighted by Gasteiger charge is -2.17. The summed E-state index contributed by atoms with van der Waals surface area (Å²) in [7, 11) is 0. The molecule has 1 aliphatic rings. The molecule has 1 aliphatic carbocycles. The molecule has 0 aromatic carbocycles. The highest BCUT2D eigenvalue weighted by Crippen LogP contribution is 2.36. The second kappa shape index (κ2) is 4.03. The molecule has 0 aliphatic heterocycles. The molecule has 0 amide bonds. The van der Waals surface area contributed by atoms with Crippen molar-refractivity contribution in [3.8, 4) is 0 Å². The highest BCUT2D eigenvalue weighted by Gasteiger charge is 2.30. The lowest BCUT2D eigenvalue weighted by molar-refractivity contribution is 0.364. The van der Waals surface area contributed by atoms with Crippen LogP contribution in [0.3, 0.4) is 0 Å². The maximum absolute atomic E-state index is 3.65. The molecule has 1 atom stereocenters. The van der Waals surface area contributed by atoms with Gasteiger partial charge in [-0.25, -0.2) is 0 Å². The van der Waals surface area contributed by atoms with Crippen molar-refractivity contribution >= 4 is 11.3 Å². The SMILES string of the molecule is CC1(C)CCC(NCc2cccs2)C1. The Balaban J connectivity index is 1.78. The van der Waals surface area contributed by atoms with E-state index in [9.17, 15) is 0 Å².